The van der Waals surface area contributed by atoms with Gasteiger partial charge in [-0.15, -0.1) is 0 Å². The van der Waals surface area contributed by atoms with E-state index in [-0.39, 0.29) is 27.8 Å². The van der Waals surface area contributed by atoms with Gasteiger partial charge in [0.15, 0.2) is 5.75 Å². The maximum absolute atomic E-state index is 13.7. The average molecular weight is 589 g/mol. The fourth-order valence-corrected chi connectivity index (χ4v) is 5.66. The van der Waals surface area contributed by atoms with Gasteiger partial charge in [-0.2, -0.15) is 4.21 Å². The van der Waals surface area contributed by atoms with Crippen LogP contribution in [0.4, 0.5) is 16.2 Å². The van der Waals surface area contributed by atoms with Gasteiger partial charge in [-0.25, -0.2) is 4.79 Å². The summed E-state index contributed by atoms with van der Waals surface area (Å²) >= 11 is 0. The molecular weight excluding hydrogens is 552 g/mol. The third kappa shape index (κ3) is 6.70. The summed E-state index contributed by atoms with van der Waals surface area (Å²) in [5.74, 6) is -0.0111. The number of carbonyl (C=O) groups is 2. The number of benzene rings is 4. The van der Waals surface area contributed by atoms with Gasteiger partial charge in [-0.1, -0.05) is 65.2 Å². The minimum atomic E-state index is -5.04. The summed E-state index contributed by atoms with van der Waals surface area (Å²) in [5, 5.41) is 14.8. The van der Waals surface area contributed by atoms with Crippen LogP contribution in [0.2, 0.25) is 0 Å². The number of amides is 2. The van der Waals surface area contributed by atoms with E-state index in [0.29, 0.717) is 22.8 Å². The van der Waals surface area contributed by atoms with Crippen molar-refractivity contribution < 1.29 is 28.2 Å². The number of hydrogen-bond donors (Lipinski definition) is 4. The van der Waals surface area contributed by atoms with Crippen molar-refractivity contribution in [2.24, 2.45) is 0 Å². The van der Waals surface area contributed by atoms with Crippen LogP contribution < -0.4 is 15.4 Å². The zero-order valence-electron chi connectivity index (χ0n) is 24.3. The molecule has 4 aromatic rings. The van der Waals surface area contributed by atoms with E-state index in [1.165, 1.54) is 24.3 Å². The lowest BCUT2D eigenvalue weighted by molar-refractivity contribution is 0.102. The first-order chi connectivity index (χ1) is 19.8. The summed E-state index contributed by atoms with van der Waals surface area (Å²) in [6.07, 6.45) is 1.95. The fourth-order valence-electron chi connectivity index (χ4n) is 4.23. The summed E-state index contributed by atoms with van der Waals surface area (Å²) in [5.41, 5.74) is 3.19. The molecule has 4 aromatic carbocycles. The van der Waals surface area contributed by atoms with Gasteiger partial charge in [0.05, 0.1) is 16.3 Å². The quantitative estimate of drug-likeness (QED) is 0.154. The lowest BCUT2D eigenvalue weighted by Gasteiger charge is -2.37. The summed E-state index contributed by atoms with van der Waals surface area (Å²) in [6, 6.07) is 23.1. The van der Waals surface area contributed by atoms with Crippen LogP contribution in [-0.2, 0) is 9.35 Å². The number of anilines is 2. The summed E-state index contributed by atoms with van der Waals surface area (Å²) in [6.45, 7) is 7.88. The molecule has 0 fully saturated rings. The predicted octanol–water partition coefficient (Wildman–Crippen LogP) is 8.08. The number of aromatic hydroxyl groups is 1. The van der Waals surface area contributed by atoms with Crippen LogP contribution in [0.3, 0.4) is 0 Å². The molecule has 0 bridgehead atoms. The zero-order valence-corrected chi connectivity index (χ0v) is 25.1. The third-order valence-electron chi connectivity index (χ3n) is 7.17. The number of aryl methyl sites for hydroxylation is 2. The highest BCUT2D eigenvalue weighted by Gasteiger charge is 2.35. The largest absolute Gasteiger partial charge is 0.506 e. The van der Waals surface area contributed by atoms with Gasteiger partial charge < -0.3 is 20.5 Å². The molecule has 0 spiro atoms. The van der Waals surface area contributed by atoms with Gasteiger partial charge in [0.25, 0.3) is 5.91 Å². The molecule has 1 unspecified atom stereocenters. The predicted molar refractivity (Wildman–Crippen MR) is 168 cm³/mol. The van der Waals surface area contributed by atoms with E-state index in [4.69, 9.17) is 4.74 Å². The van der Waals surface area contributed by atoms with Crippen LogP contribution in [0.25, 0.3) is 0 Å². The normalized spacial score (nSPS) is 13.0. The molecule has 0 aliphatic rings. The molecular formula is C33H36N2O6S. The van der Waals surface area contributed by atoms with Crippen molar-refractivity contribution in [2.45, 2.75) is 44.9 Å². The van der Waals surface area contributed by atoms with Gasteiger partial charge in [-0.05, 0) is 73.7 Å². The van der Waals surface area contributed by atoms with Crippen molar-refractivity contribution in [1.82, 2.24) is 0 Å². The molecule has 42 heavy (non-hydrogen) atoms. The molecule has 9 heteroatoms. The first-order valence-electron chi connectivity index (χ1n) is 13.6. The Morgan fingerprint density at radius 1 is 0.881 bits per heavy atom. The van der Waals surface area contributed by atoms with Gasteiger partial charge in [0, 0.05) is 24.0 Å². The van der Waals surface area contributed by atoms with E-state index in [2.05, 4.69) is 24.5 Å². The minimum absolute atomic E-state index is 0.0293. The van der Waals surface area contributed by atoms with E-state index in [1.54, 1.807) is 55.5 Å². The van der Waals surface area contributed by atoms with Crippen LogP contribution in [-0.4, -0.2) is 31.3 Å². The highest BCUT2D eigenvalue weighted by molar-refractivity contribution is 8.27. The molecule has 0 aliphatic heterocycles. The Labute approximate surface area is 246 Å². The second kappa shape index (κ2) is 11.8. The molecule has 0 radical (unpaired) electrons. The molecule has 0 saturated carbocycles. The molecule has 8 nitrogen and oxygen atoms in total. The Morgan fingerprint density at radius 3 is 2.17 bits per heavy atom. The average Bonchev–Trinajstić information content (AvgIpc) is 2.95. The fraction of sp³-hybridized carbons (Fsp3) is 0.212. The standard InChI is InChI=1S/C33H36N2O6S/c1-6-23(4)24-14-16-26(17-15-24)41-31-20-28(34-32(37)25-12-10-21(2)11-13-25)30(36)19-29(31)35-33(38)42(5,39,40)27-9-7-8-22(3)18-27/h7-20,23,36H,6H2,1-5H3,(H,34,37)(H,35,38)(H,39,40). The zero-order chi connectivity index (χ0) is 30.7. The van der Waals surface area contributed by atoms with Crippen LogP contribution in [0.15, 0.2) is 89.8 Å². The van der Waals surface area contributed by atoms with Gasteiger partial charge in [0.2, 0.25) is 0 Å². The maximum Gasteiger partial charge on any atom is 0.338 e. The first-order valence-corrected chi connectivity index (χ1v) is 15.9. The number of rotatable bonds is 8. The SMILES string of the molecule is CCC(C)c1ccc(Oc2cc(NC(=O)c3ccc(C)cc3)c(O)cc2NC(=O)S(C)(=O)(O)c2cccc(C)c2)cc1. The number of nitrogens with one attached hydrogen (secondary N) is 2. The second-order valence-corrected chi connectivity index (χ2v) is 14.1. The van der Waals surface area contributed by atoms with Crippen LogP contribution >= 0.6 is 0 Å². The van der Waals surface area contributed by atoms with Crippen molar-refractivity contribution in [3.05, 3.63) is 107 Å². The number of ether oxygens (including phenoxy) is 1. The summed E-state index contributed by atoms with van der Waals surface area (Å²) in [7, 11) is -5.04. The Morgan fingerprint density at radius 2 is 1.55 bits per heavy atom. The molecule has 2 amide bonds. The molecule has 0 heterocycles. The second-order valence-electron chi connectivity index (χ2n) is 10.7. The molecule has 0 aliphatic carbocycles. The van der Waals surface area contributed by atoms with E-state index in [9.17, 15) is 23.5 Å². The highest BCUT2D eigenvalue weighted by Crippen LogP contribution is 2.41. The molecule has 4 N–H and O–H groups in total. The third-order valence-corrected chi connectivity index (χ3v) is 9.51. The number of phenols is 1. The summed E-state index contributed by atoms with van der Waals surface area (Å²) < 4.78 is 31.0. The number of hydrogen-bond acceptors (Lipinski definition) is 5. The van der Waals surface area contributed by atoms with E-state index < -0.39 is 20.5 Å². The number of phenolic OH excluding ortho intramolecular Hbond substituents is 1. The Balaban J connectivity index is 1.72. The van der Waals surface area contributed by atoms with Crippen molar-refractivity contribution in [3.63, 3.8) is 0 Å². The van der Waals surface area contributed by atoms with Crippen LogP contribution in [0.1, 0.15) is 53.2 Å². The summed E-state index contributed by atoms with van der Waals surface area (Å²) in [4.78, 5) is 26.2. The van der Waals surface area contributed by atoms with E-state index >= 15 is 0 Å². The smallest absolute Gasteiger partial charge is 0.338 e. The van der Waals surface area contributed by atoms with Crippen molar-refractivity contribution in [3.8, 4) is 17.2 Å². The first kappa shape index (κ1) is 30.5. The lowest BCUT2D eigenvalue weighted by Crippen LogP contribution is -2.43. The Hall–Kier alpha value is -4.47. The van der Waals surface area contributed by atoms with E-state index in [0.717, 1.165) is 23.8 Å². The minimum Gasteiger partial charge on any atom is -0.506 e. The molecule has 4 rings (SSSR count). The van der Waals surface area contributed by atoms with Crippen LogP contribution in [0.5, 0.6) is 17.2 Å². The topological polar surface area (TPSA) is 125 Å². The van der Waals surface area contributed by atoms with Gasteiger partial charge >= 0.3 is 5.24 Å². The molecule has 0 aromatic heterocycles. The van der Waals surface area contributed by atoms with Crippen LogP contribution in [0, 0.1) is 13.8 Å². The number of carbonyl (C=O) groups excluding carboxylic acids is 2. The lowest BCUT2D eigenvalue weighted by atomic mass is 9.99. The van der Waals surface area contributed by atoms with Gasteiger partial charge in [-0.3, -0.25) is 9.35 Å². The molecule has 1 atom stereocenters. The molecule has 0 saturated heterocycles. The highest BCUT2D eigenvalue weighted by atomic mass is 32.3. The van der Waals surface area contributed by atoms with Crippen molar-refractivity contribution in [2.75, 3.05) is 16.9 Å². The van der Waals surface area contributed by atoms with Crippen molar-refractivity contribution in [1.29, 1.82) is 0 Å². The van der Waals surface area contributed by atoms with Crippen molar-refractivity contribution >= 4 is 31.9 Å². The Bertz CT molecular complexity index is 1690. The monoisotopic (exact) mass is 588 g/mol. The molecule has 220 valence electrons. The maximum atomic E-state index is 13.7. The van der Waals surface area contributed by atoms with E-state index in [1.807, 2.05) is 19.1 Å². The van der Waals surface area contributed by atoms with Gasteiger partial charge in [0.1, 0.15) is 11.5 Å². The Kier molecular flexibility index (Phi) is 8.56.